The summed E-state index contributed by atoms with van der Waals surface area (Å²) in [5, 5.41) is 3.14. The number of halogens is 1. The van der Waals surface area contributed by atoms with Gasteiger partial charge in [-0.3, -0.25) is 4.79 Å². The predicted molar refractivity (Wildman–Crippen MR) is 80.6 cm³/mol. The Morgan fingerprint density at radius 2 is 1.90 bits per heavy atom. The van der Waals surface area contributed by atoms with Crippen molar-refractivity contribution in [3.8, 4) is 5.75 Å². The van der Waals surface area contributed by atoms with Gasteiger partial charge >= 0.3 is 11.9 Å². The topological polar surface area (TPSA) is 64.6 Å². The molecule has 110 valence electrons. The molecule has 0 heterocycles. The standard InChI is InChI=1S/C14H18BrNO4/c1-8(2)16-11-7-10(14(18)19-4)5-6-12(11)20-13(17)9(3)15/h5-9,16H,1-4H3. The molecule has 0 saturated carbocycles. The van der Waals surface area contributed by atoms with Crippen molar-refractivity contribution in [2.45, 2.75) is 31.6 Å². The van der Waals surface area contributed by atoms with Gasteiger partial charge in [0.05, 0.1) is 18.4 Å². The second kappa shape index (κ2) is 7.28. The van der Waals surface area contributed by atoms with Crippen LogP contribution in [0.2, 0.25) is 0 Å². The molecule has 1 atom stereocenters. The van der Waals surface area contributed by atoms with Crippen molar-refractivity contribution in [2.75, 3.05) is 12.4 Å². The summed E-state index contributed by atoms with van der Waals surface area (Å²) in [6.45, 7) is 5.58. The van der Waals surface area contributed by atoms with E-state index in [0.717, 1.165) is 0 Å². The third-order valence-corrected chi connectivity index (χ3v) is 2.75. The van der Waals surface area contributed by atoms with Gasteiger partial charge in [0.1, 0.15) is 4.83 Å². The molecule has 0 radical (unpaired) electrons. The Labute approximate surface area is 126 Å². The maximum atomic E-state index is 11.6. The average Bonchev–Trinajstić information content (AvgIpc) is 2.38. The van der Waals surface area contributed by atoms with Crippen LogP contribution in [0.1, 0.15) is 31.1 Å². The fourth-order valence-corrected chi connectivity index (χ4v) is 1.57. The minimum Gasteiger partial charge on any atom is -0.465 e. The molecule has 0 amide bonds. The summed E-state index contributed by atoms with van der Waals surface area (Å²) >= 11 is 3.15. The lowest BCUT2D eigenvalue weighted by Gasteiger charge is -2.16. The minimum atomic E-state index is -0.441. The number of hydrogen-bond donors (Lipinski definition) is 1. The van der Waals surface area contributed by atoms with Crippen molar-refractivity contribution in [1.29, 1.82) is 0 Å². The molecule has 20 heavy (non-hydrogen) atoms. The molecule has 0 aliphatic carbocycles. The zero-order valence-electron chi connectivity index (χ0n) is 11.9. The quantitative estimate of drug-likeness (QED) is 0.505. The van der Waals surface area contributed by atoms with Gasteiger partial charge in [-0.05, 0) is 39.0 Å². The lowest BCUT2D eigenvalue weighted by molar-refractivity contribution is -0.133. The smallest absolute Gasteiger partial charge is 0.337 e. The van der Waals surface area contributed by atoms with E-state index in [0.29, 0.717) is 17.0 Å². The van der Waals surface area contributed by atoms with Crippen LogP contribution in [-0.4, -0.2) is 29.9 Å². The molecule has 6 heteroatoms. The molecule has 1 N–H and O–H groups in total. The van der Waals surface area contributed by atoms with Crippen LogP contribution >= 0.6 is 15.9 Å². The third-order valence-electron chi connectivity index (χ3n) is 2.38. The molecule has 0 aromatic heterocycles. The molecule has 1 rings (SSSR count). The first kappa shape index (κ1) is 16.5. The fraction of sp³-hybridized carbons (Fsp3) is 0.429. The number of hydrogen-bond acceptors (Lipinski definition) is 5. The Hall–Kier alpha value is -1.56. The lowest BCUT2D eigenvalue weighted by Crippen LogP contribution is -2.19. The average molecular weight is 344 g/mol. The summed E-state index contributed by atoms with van der Waals surface area (Å²) in [6.07, 6.45) is 0. The monoisotopic (exact) mass is 343 g/mol. The molecular weight excluding hydrogens is 326 g/mol. The Morgan fingerprint density at radius 3 is 2.40 bits per heavy atom. The summed E-state index contributed by atoms with van der Waals surface area (Å²) < 4.78 is 9.95. The van der Waals surface area contributed by atoms with Crippen molar-refractivity contribution in [3.05, 3.63) is 23.8 Å². The van der Waals surface area contributed by atoms with Gasteiger partial charge in [0.15, 0.2) is 5.75 Å². The number of alkyl halides is 1. The van der Waals surface area contributed by atoms with E-state index in [4.69, 9.17) is 4.74 Å². The van der Waals surface area contributed by atoms with E-state index in [2.05, 4.69) is 26.0 Å². The molecule has 0 bridgehead atoms. The number of anilines is 1. The van der Waals surface area contributed by atoms with Crippen LogP contribution in [0.3, 0.4) is 0 Å². The van der Waals surface area contributed by atoms with E-state index in [1.165, 1.54) is 7.11 Å². The molecule has 1 aromatic carbocycles. The van der Waals surface area contributed by atoms with Gasteiger partial charge in [-0.25, -0.2) is 4.79 Å². The van der Waals surface area contributed by atoms with Crippen LogP contribution in [-0.2, 0) is 9.53 Å². The first-order valence-electron chi connectivity index (χ1n) is 6.19. The van der Waals surface area contributed by atoms with E-state index >= 15 is 0 Å². The maximum Gasteiger partial charge on any atom is 0.337 e. The van der Waals surface area contributed by atoms with Crippen LogP contribution in [0.5, 0.6) is 5.75 Å². The molecular formula is C14H18BrNO4. The molecule has 0 aliphatic rings. The number of nitrogens with one attached hydrogen (secondary N) is 1. The number of methoxy groups -OCH3 is 1. The van der Waals surface area contributed by atoms with Crippen LogP contribution in [0.25, 0.3) is 0 Å². The van der Waals surface area contributed by atoms with Gasteiger partial charge in [-0.2, -0.15) is 0 Å². The lowest BCUT2D eigenvalue weighted by atomic mass is 10.1. The number of ether oxygens (including phenoxy) is 2. The zero-order chi connectivity index (χ0) is 15.3. The Balaban J connectivity index is 3.09. The summed E-state index contributed by atoms with van der Waals surface area (Å²) in [6, 6.07) is 4.86. The summed E-state index contributed by atoms with van der Waals surface area (Å²) in [5.41, 5.74) is 0.965. The van der Waals surface area contributed by atoms with Gasteiger partial charge in [-0.1, -0.05) is 15.9 Å². The number of benzene rings is 1. The largest absolute Gasteiger partial charge is 0.465 e. The Kier molecular flexibility index (Phi) is 6.01. The highest BCUT2D eigenvalue weighted by Crippen LogP contribution is 2.27. The third kappa shape index (κ3) is 4.52. The fourth-order valence-electron chi connectivity index (χ4n) is 1.48. The highest BCUT2D eigenvalue weighted by molar-refractivity contribution is 9.10. The minimum absolute atomic E-state index is 0.127. The number of rotatable bonds is 5. The van der Waals surface area contributed by atoms with Gasteiger partial charge < -0.3 is 14.8 Å². The predicted octanol–water partition coefficient (Wildman–Crippen LogP) is 2.98. The Morgan fingerprint density at radius 1 is 1.25 bits per heavy atom. The van der Waals surface area contributed by atoms with Gasteiger partial charge in [-0.15, -0.1) is 0 Å². The summed E-state index contributed by atoms with van der Waals surface area (Å²) in [7, 11) is 1.32. The van der Waals surface area contributed by atoms with Crippen LogP contribution in [0.15, 0.2) is 18.2 Å². The second-order valence-corrected chi connectivity index (χ2v) is 5.91. The van der Waals surface area contributed by atoms with Gasteiger partial charge in [0, 0.05) is 6.04 Å². The van der Waals surface area contributed by atoms with Crippen molar-refractivity contribution >= 4 is 33.6 Å². The first-order valence-corrected chi connectivity index (χ1v) is 7.11. The molecule has 0 fully saturated rings. The highest BCUT2D eigenvalue weighted by Gasteiger charge is 2.16. The van der Waals surface area contributed by atoms with Gasteiger partial charge in [0.25, 0.3) is 0 Å². The van der Waals surface area contributed by atoms with Crippen molar-refractivity contribution in [2.24, 2.45) is 0 Å². The SMILES string of the molecule is COC(=O)c1ccc(OC(=O)C(C)Br)c(NC(C)C)c1. The van der Waals surface area contributed by atoms with Crippen molar-refractivity contribution in [3.63, 3.8) is 0 Å². The van der Waals surface area contributed by atoms with Crippen LogP contribution in [0, 0.1) is 0 Å². The maximum absolute atomic E-state index is 11.6. The molecule has 0 spiro atoms. The van der Waals surface area contributed by atoms with Crippen LogP contribution < -0.4 is 10.1 Å². The van der Waals surface area contributed by atoms with Crippen LogP contribution in [0.4, 0.5) is 5.69 Å². The molecule has 0 aliphatic heterocycles. The Bertz CT molecular complexity index is 500. The van der Waals surface area contributed by atoms with Crippen molar-refractivity contribution in [1.82, 2.24) is 0 Å². The first-order chi connectivity index (χ1) is 9.35. The molecule has 0 saturated heterocycles. The number of esters is 2. The highest BCUT2D eigenvalue weighted by atomic mass is 79.9. The van der Waals surface area contributed by atoms with E-state index < -0.39 is 16.8 Å². The van der Waals surface area contributed by atoms with Gasteiger partial charge in [0.2, 0.25) is 0 Å². The number of carbonyl (C=O) groups is 2. The van der Waals surface area contributed by atoms with E-state index in [-0.39, 0.29) is 6.04 Å². The summed E-state index contributed by atoms with van der Waals surface area (Å²) in [5.74, 6) is -0.464. The van der Waals surface area contributed by atoms with E-state index in [9.17, 15) is 9.59 Å². The zero-order valence-corrected chi connectivity index (χ0v) is 13.5. The molecule has 1 unspecified atom stereocenters. The van der Waals surface area contributed by atoms with Crippen molar-refractivity contribution < 1.29 is 19.1 Å². The second-order valence-electron chi connectivity index (χ2n) is 4.54. The molecule has 5 nitrogen and oxygen atoms in total. The number of carbonyl (C=O) groups excluding carboxylic acids is 2. The molecule has 1 aromatic rings. The normalized spacial score (nSPS) is 11.9. The summed E-state index contributed by atoms with van der Waals surface area (Å²) in [4.78, 5) is 22.8. The van der Waals surface area contributed by atoms with E-state index in [1.807, 2.05) is 13.8 Å². The van der Waals surface area contributed by atoms with E-state index in [1.54, 1.807) is 25.1 Å².